The van der Waals surface area contributed by atoms with Gasteiger partial charge in [0.1, 0.15) is 22.3 Å². The third-order valence-corrected chi connectivity index (χ3v) is 16.7. The van der Waals surface area contributed by atoms with E-state index in [1.165, 1.54) is 93.7 Å². The SMILES string of the molecule is CC1(C)c2cc(N(c3ccc4c(c3)C(C)(C)c3c5c(c6c(oc7ccccc76)c3-4)-c3ccccc3C5(C)C)c3cccc4ccccc34)ccc2-c2c1cc(-c1ccncc1)c1oc3ccccc3c21. The van der Waals surface area contributed by atoms with E-state index in [0.29, 0.717) is 0 Å². The van der Waals surface area contributed by atoms with E-state index >= 15 is 0 Å². The quantitative estimate of drug-likeness (QED) is 0.176. The van der Waals surface area contributed by atoms with Crippen molar-refractivity contribution in [2.24, 2.45) is 0 Å². The van der Waals surface area contributed by atoms with E-state index in [1.807, 2.05) is 12.4 Å². The molecule has 15 rings (SSSR count). The lowest BCUT2D eigenvalue weighted by Crippen LogP contribution is -2.24. The molecule has 3 heterocycles. The Labute approximate surface area is 406 Å². The highest BCUT2D eigenvalue weighted by molar-refractivity contribution is 6.21. The van der Waals surface area contributed by atoms with Crippen LogP contribution in [0.5, 0.6) is 0 Å². The number of nitrogens with zero attached hydrogens (tertiary/aromatic N) is 2. The van der Waals surface area contributed by atoms with Gasteiger partial charge < -0.3 is 13.7 Å². The summed E-state index contributed by atoms with van der Waals surface area (Å²) in [4.78, 5) is 6.87. The van der Waals surface area contributed by atoms with Gasteiger partial charge in [0, 0.05) is 78.1 Å². The van der Waals surface area contributed by atoms with E-state index in [4.69, 9.17) is 8.83 Å². The molecule has 4 heteroatoms. The number of anilines is 3. The number of rotatable bonds is 4. The molecule has 9 aromatic carbocycles. The molecule has 0 atom stereocenters. The second-order valence-corrected chi connectivity index (χ2v) is 21.4. The summed E-state index contributed by atoms with van der Waals surface area (Å²) in [5.74, 6) is 0. The molecule has 334 valence electrons. The number of hydrogen-bond donors (Lipinski definition) is 0. The highest BCUT2D eigenvalue weighted by atomic mass is 16.3. The van der Waals surface area contributed by atoms with Gasteiger partial charge in [0.2, 0.25) is 0 Å². The van der Waals surface area contributed by atoms with Crippen molar-refractivity contribution in [2.45, 2.75) is 57.8 Å². The van der Waals surface area contributed by atoms with Crippen LogP contribution < -0.4 is 4.90 Å². The van der Waals surface area contributed by atoms with Crippen molar-refractivity contribution in [1.82, 2.24) is 4.98 Å². The topological polar surface area (TPSA) is 42.4 Å². The summed E-state index contributed by atoms with van der Waals surface area (Å²) >= 11 is 0. The molecule has 3 aliphatic rings. The zero-order chi connectivity index (χ0) is 47.0. The molecule has 0 unspecified atom stereocenters. The van der Waals surface area contributed by atoms with Crippen LogP contribution in [0.4, 0.5) is 17.1 Å². The highest BCUT2D eigenvalue weighted by Gasteiger charge is 2.49. The second-order valence-electron chi connectivity index (χ2n) is 21.4. The smallest absolute Gasteiger partial charge is 0.144 e. The first-order chi connectivity index (χ1) is 34.0. The number of hydrogen-bond acceptors (Lipinski definition) is 4. The van der Waals surface area contributed by atoms with Crippen molar-refractivity contribution in [2.75, 3.05) is 4.90 Å². The van der Waals surface area contributed by atoms with Gasteiger partial charge in [-0.1, -0.05) is 151 Å². The van der Waals surface area contributed by atoms with Gasteiger partial charge in [0.15, 0.2) is 0 Å². The fraction of sp³-hybridized carbons (Fsp3) is 0.136. The van der Waals surface area contributed by atoms with Crippen molar-refractivity contribution < 1.29 is 8.83 Å². The Morgan fingerprint density at radius 1 is 0.400 bits per heavy atom. The normalized spacial score (nSPS) is 15.3. The van der Waals surface area contributed by atoms with Gasteiger partial charge in [0.25, 0.3) is 0 Å². The van der Waals surface area contributed by atoms with Crippen LogP contribution in [0.15, 0.2) is 191 Å². The van der Waals surface area contributed by atoms with Crippen LogP contribution in [0.2, 0.25) is 0 Å². The summed E-state index contributed by atoms with van der Waals surface area (Å²) < 4.78 is 13.9. The molecule has 4 nitrogen and oxygen atoms in total. The Bertz CT molecular complexity index is 4270. The van der Waals surface area contributed by atoms with E-state index in [2.05, 4.69) is 221 Å². The average molecular weight is 901 g/mol. The molecule has 0 N–H and O–H groups in total. The van der Waals surface area contributed by atoms with E-state index < -0.39 is 0 Å². The van der Waals surface area contributed by atoms with Crippen molar-refractivity contribution in [3.8, 4) is 44.5 Å². The minimum Gasteiger partial charge on any atom is -0.455 e. The van der Waals surface area contributed by atoms with Crippen LogP contribution in [-0.2, 0) is 16.2 Å². The number of furan rings is 2. The third-order valence-electron chi connectivity index (χ3n) is 16.7. The minimum atomic E-state index is -0.353. The van der Waals surface area contributed by atoms with Crippen LogP contribution in [0.1, 0.15) is 74.9 Å². The van der Waals surface area contributed by atoms with Gasteiger partial charge in [-0.3, -0.25) is 4.98 Å². The Morgan fingerprint density at radius 3 is 1.67 bits per heavy atom. The fourth-order valence-corrected chi connectivity index (χ4v) is 13.5. The van der Waals surface area contributed by atoms with Gasteiger partial charge in [-0.05, 0) is 133 Å². The van der Waals surface area contributed by atoms with Crippen molar-refractivity contribution in [3.63, 3.8) is 0 Å². The molecule has 0 spiro atoms. The lowest BCUT2D eigenvalue weighted by Gasteiger charge is -2.32. The largest absolute Gasteiger partial charge is 0.455 e. The maximum atomic E-state index is 7.07. The van der Waals surface area contributed by atoms with E-state index in [-0.39, 0.29) is 16.2 Å². The molecular formula is C66H48N2O2. The number of aromatic nitrogens is 1. The average Bonchev–Trinajstić information content (AvgIpc) is 4.13. The highest BCUT2D eigenvalue weighted by Crippen LogP contribution is 2.64. The summed E-state index contributed by atoms with van der Waals surface area (Å²) in [5.41, 5.74) is 24.1. The Balaban J connectivity index is 0.971. The first-order valence-corrected chi connectivity index (χ1v) is 24.6. The molecule has 0 saturated heterocycles. The van der Waals surface area contributed by atoms with Gasteiger partial charge >= 0.3 is 0 Å². The van der Waals surface area contributed by atoms with Gasteiger partial charge in [0.05, 0.1) is 5.69 Å². The number of para-hydroxylation sites is 2. The van der Waals surface area contributed by atoms with Gasteiger partial charge in [-0.2, -0.15) is 0 Å². The molecule has 70 heavy (non-hydrogen) atoms. The van der Waals surface area contributed by atoms with Crippen LogP contribution in [0.25, 0.3) is 99.2 Å². The van der Waals surface area contributed by atoms with Crippen molar-refractivity contribution in [3.05, 3.63) is 216 Å². The maximum absolute atomic E-state index is 7.07. The molecule has 12 aromatic rings. The zero-order valence-electron chi connectivity index (χ0n) is 40.0. The van der Waals surface area contributed by atoms with E-state index in [0.717, 1.165) is 55.9 Å². The summed E-state index contributed by atoms with van der Waals surface area (Å²) in [6.07, 6.45) is 3.74. The lowest BCUT2D eigenvalue weighted by atomic mass is 9.72. The van der Waals surface area contributed by atoms with Gasteiger partial charge in [-0.25, -0.2) is 0 Å². The molecular weight excluding hydrogens is 853 g/mol. The summed E-state index contributed by atoms with van der Waals surface area (Å²) in [6.45, 7) is 14.5. The van der Waals surface area contributed by atoms with Crippen molar-refractivity contribution in [1.29, 1.82) is 0 Å². The Kier molecular flexibility index (Phi) is 7.68. The molecule has 0 saturated carbocycles. The summed E-state index contributed by atoms with van der Waals surface area (Å²) in [5, 5.41) is 7.10. The predicted molar refractivity (Wildman–Crippen MR) is 289 cm³/mol. The predicted octanol–water partition coefficient (Wildman–Crippen LogP) is 18.1. The lowest BCUT2D eigenvalue weighted by molar-refractivity contribution is 0.600. The monoisotopic (exact) mass is 900 g/mol. The van der Waals surface area contributed by atoms with E-state index in [9.17, 15) is 0 Å². The second kappa shape index (κ2) is 13.5. The molecule has 3 aromatic heterocycles. The number of pyridine rings is 1. The van der Waals surface area contributed by atoms with Crippen LogP contribution >= 0.6 is 0 Å². The first kappa shape index (κ1) is 39.8. The minimum absolute atomic E-state index is 0.220. The van der Waals surface area contributed by atoms with Gasteiger partial charge in [-0.15, -0.1) is 0 Å². The molecule has 0 amide bonds. The zero-order valence-corrected chi connectivity index (χ0v) is 40.0. The maximum Gasteiger partial charge on any atom is 0.144 e. The fourth-order valence-electron chi connectivity index (χ4n) is 13.5. The standard InChI is InChI=1S/C66H48N2O2/c1-64(2)49-34-39(26-28-43(49)55-51(64)36-47(38-30-32-67-33-31-38)62-57(55)45-20-10-13-24-53(45)69-62)68(52-23-15-17-37-16-7-8-18-41(37)52)40-27-29-44-50(35-40)66(5,6)61-59(44)63-58(46-21-11-14-25-54(46)70-63)56-42-19-9-12-22-48(42)65(3,4)60(56)61/h7-36H,1-6H3. The first-order valence-electron chi connectivity index (χ1n) is 24.6. The van der Waals surface area contributed by atoms with E-state index in [1.54, 1.807) is 0 Å². The Morgan fingerprint density at radius 2 is 0.943 bits per heavy atom. The summed E-state index contributed by atoms with van der Waals surface area (Å²) in [7, 11) is 0. The van der Waals surface area contributed by atoms with Crippen LogP contribution in [-0.4, -0.2) is 4.98 Å². The number of fused-ring (bicyclic) bond motifs is 20. The molecule has 0 radical (unpaired) electrons. The number of benzene rings is 9. The molecule has 0 fully saturated rings. The summed E-state index contributed by atoms with van der Waals surface area (Å²) in [6, 6.07) is 62.6. The van der Waals surface area contributed by atoms with Crippen LogP contribution in [0.3, 0.4) is 0 Å². The third kappa shape index (κ3) is 4.98. The van der Waals surface area contributed by atoms with Crippen molar-refractivity contribution >= 4 is 71.7 Å². The Hall–Kier alpha value is -8.21. The molecule has 0 bridgehead atoms. The van der Waals surface area contributed by atoms with Crippen LogP contribution in [0, 0.1) is 0 Å². The molecule has 3 aliphatic carbocycles. The molecule has 0 aliphatic heterocycles.